The molecule has 0 saturated carbocycles. The lowest BCUT2D eigenvalue weighted by atomic mass is 10.1. The minimum Gasteiger partial charge on any atom is -0.488 e. The van der Waals surface area contributed by atoms with Gasteiger partial charge in [0.2, 0.25) is 0 Å². The second-order valence-electron chi connectivity index (χ2n) is 6.91. The number of nitriles is 1. The van der Waals surface area contributed by atoms with E-state index in [0.717, 1.165) is 29.9 Å². The predicted molar refractivity (Wildman–Crippen MR) is 125 cm³/mol. The van der Waals surface area contributed by atoms with Crippen LogP contribution in [0.3, 0.4) is 0 Å². The van der Waals surface area contributed by atoms with Crippen LogP contribution in [0.4, 0.5) is 4.39 Å². The predicted octanol–water partition coefficient (Wildman–Crippen LogP) is 3.66. The van der Waals surface area contributed by atoms with Crippen LogP contribution in [0.2, 0.25) is 0 Å². The summed E-state index contributed by atoms with van der Waals surface area (Å²) >= 11 is 0. The molecule has 0 amide bonds. The van der Waals surface area contributed by atoms with Crippen LogP contribution >= 0.6 is 24.0 Å². The fraction of sp³-hybridized carbons (Fsp3) is 0.364. The molecule has 1 atom stereocenters. The van der Waals surface area contributed by atoms with E-state index in [4.69, 9.17) is 14.7 Å². The third-order valence-electron chi connectivity index (χ3n) is 4.70. The molecule has 3 rings (SSSR count). The van der Waals surface area contributed by atoms with Gasteiger partial charge in [-0.1, -0.05) is 12.1 Å². The minimum absolute atomic E-state index is 0. The zero-order chi connectivity index (χ0) is 20.6. The van der Waals surface area contributed by atoms with E-state index in [1.807, 2.05) is 31.2 Å². The van der Waals surface area contributed by atoms with Crippen molar-refractivity contribution in [2.24, 2.45) is 4.99 Å². The topological polar surface area (TPSA) is 78.7 Å². The van der Waals surface area contributed by atoms with Crippen molar-refractivity contribution in [3.63, 3.8) is 0 Å². The van der Waals surface area contributed by atoms with Gasteiger partial charge in [0.1, 0.15) is 17.7 Å². The minimum atomic E-state index is -0.361. The van der Waals surface area contributed by atoms with Crippen molar-refractivity contribution in [1.29, 1.82) is 5.26 Å². The summed E-state index contributed by atoms with van der Waals surface area (Å²) in [6.07, 6.45) is 0.959. The monoisotopic (exact) mass is 524 g/mol. The molecule has 1 fully saturated rings. The first-order valence-electron chi connectivity index (χ1n) is 9.56. The van der Waals surface area contributed by atoms with Crippen molar-refractivity contribution in [3.8, 4) is 11.8 Å². The van der Waals surface area contributed by atoms with E-state index in [1.54, 1.807) is 7.05 Å². The Kier molecular flexibility index (Phi) is 9.33. The van der Waals surface area contributed by atoms with Crippen molar-refractivity contribution >= 4 is 29.9 Å². The van der Waals surface area contributed by atoms with Crippen LogP contribution in [0.1, 0.15) is 28.7 Å². The third-order valence-corrected chi connectivity index (χ3v) is 4.70. The number of aliphatic imine (C=N–C) groups is 1. The van der Waals surface area contributed by atoms with Crippen LogP contribution in [0.5, 0.6) is 5.75 Å². The van der Waals surface area contributed by atoms with E-state index in [2.05, 4.69) is 15.6 Å². The molecule has 2 N–H and O–H groups in total. The van der Waals surface area contributed by atoms with Crippen LogP contribution in [0, 0.1) is 24.1 Å². The molecule has 160 valence electrons. The van der Waals surface area contributed by atoms with E-state index in [0.29, 0.717) is 30.2 Å². The normalized spacial score (nSPS) is 15.8. The highest BCUT2D eigenvalue weighted by molar-refractivity contribution is 14.0. The molecule has 30 heavy (non-hydrogen) atoms. The van der Waals surface area contributed by atoms with E-state index in [-0.39, 0.29) is 42.4 Å². The highest BCUT2D eigenvalue weighted by Crippen LogP contribution is 2.23. The Morgan fingerprint density at radius 1 is 1.23 bits per heavy atom. The molecule has 0 spiro atoms. The highest BCUT2D eigenvalue weighted by atomic mass is 127. The van der Waals surface area contributed by atoms with Gasteiger partial charge in [-0.05, 0) is 36.8 Å². The summed E-state index contributed by atoms with van der Waals surface area (Å²) in [4.78, 5) is 4.19. The highest BCUT2D eigenvalue weighted by Gasteiger charge is 2.18. The molecular formula is C22H26FIN4O2. The molecule has 1 aliphatic heterocycles. The SMILES string of the molecule is CN=C(NCc1cc(C#N)ccc1F)NCc1ccc(C)cc1OC1CCOC1.I. The smallest absolute Gasteiger partial charge is 0.191 e. The first kappa shape index (κ1) is 23.9. The summed E-state index contributed by atoms with van der Waals surface area (Å²) in [7, 11) is 1.65. The van der Waals surface area contributed by atoms with E-state index < -0.39 is 0 Å². The van der Waals surface area contributed by atoms with Gasteiger partial charge in [0, 0.05) is 37.7 Å². The molecule has 1 saturated heterocycles. The Labute approximate surface area is 193 Å². The molecule has 6 nitrogen and oxygen atoms in total. The summed E-state index contributed by atoms with van der Waals surface area (Å²) in [5.41, 5.74) is 2.96. The molecule has 1 unspecified atom stereocenters. The number of guanidine groups is 1. The van der Waals surface area contributed by atoms with Crippen molar-refractivity contribution in [1.82, 2.24) is 10.6 Å². The summed E-state index contributed by atoms with van der Waals surface area (Å²) in [5.74, 6) is 0.999. The standard InChI is InChI=1S/C22H25FN4O2.HI/c1-15-3-5-17(21(9-15)29-19-7-8-28-14-19)12-26-22(25-2)27-13-18-10-16(11-24)4-6-20(18)23;/h3-6,9-10,19H,7-8,12-14H2,1-2H3,(H2,25,26,27);1H. The number of rotatable bonds is 6. The van der Waals surface area contributed by atoms with Crippen LogP contribution in [-0.4, -0.2) is 32.3 Å². The Bertz CT molecular complexity index is 924. The second kappa shape index (κ2) is 11.7. The number of nitrogens with zero attached hydrogens (tertiary/aromatic N) is 2. The zero-order valence-electron chi connectivity index (χ0n) is 17.1. The number of benzene rings is 2. The first-order chi connectivity index (χ1) is 14.1. The molecule has 0 bridgehead atoms. The number of halogens is 2. The number of hydrogen-bond acceptors (Lipinski definition) is 4. The summed E-state index contributed by atoms with van der Waals surface area (Å²) in [6.45, 7) is 4.09. The molecule has 8 heteroatoms. The molecule has 0 aliphatic carbocycles. The number of hydrogen-bond donors (Lipinski definition) is 2. The van der Waals surface area contributed by atoms with Gasteiger partial charge in [0.15, 0.2) is 5.96 Å². The summed E-state index contributed by atoms with van der Waals surface area (Å²) in [5, 5.41) is 15.3. The van der Waals surface area contributed by atoms with Gasteiger partial charge in [-0.2, -0.15) is 5.26 Å². The van der Waals surface area contributed by atoms with Crippen molar-refractivity contribution in [3.05, 3.63) is 64.5 Å². The molecular weight excluding hydrogens is 498 g/mol. The lowest BCUT2D eigenvalue weighted by Gasteiger charge is -2.18. The van der Waals surface area contributed by atoms with Gasteiger partial charge < -0.3 is 20.1 Å². The molecule has 0 radical (unpaired) electrons. The van der Waals surface area contributed by atoms with Crippen LogP contribution in [0.15, 0.2) is 41.4 Å². The average Bonchev–Trinajstić information content (AvgIpc) is 3.23. The third kappa shape index (κ3) is 6.57. The maximum Gasteiger partial charge on any atom is 0.191 e. The van der Waals surface area contributed by atoms with Gasteiger partial charge in [-0.25, -0.2) is 4.39 Å². The van der Waals surface area contributed by atoms with Gasteiger partial charge >= 0.3 is 0 Å². The maximum absolute atomic E-state index is 14.0. The number of nitrogens with one attached hydrogen (secondary N) is 2. The first-order valence-corrected chi connectivity index (χ1v) is 9.56. The van der Waals surface area contributed by atoms with Crippen molar-refractivity contribution < 1.29 is 13.9 Å². The fourth-order valence-electron chi connectivity index (χ4n) is 3.06. The zero-order valence-corrected chi connectivity index (χ0v) is 19.4. The van der Waals surface area contributed by atoms with E-state index in [1.165, 1.54) is 18.2 Å². The molecule has 2 aromatic rings. The lowest BCUT2D eigenvalue weighted by Crippen LogP contribution is -2.36. The van der Waals surface area contributed by atoms with E-state index >= 15 is 0 Å². The largest absolute Gasteiger partial charge is 0.488 e. The number of ether oxygens (including phenoxy) is 2. The van der Waals surface area contributed by atoms with E-state index in [9.17, 15) is 4.39 Å². The number of aryl methyl sites for hydroxylation is 1. The fourth-order valence-corrected chi connectivity index (χ4v) is 3.06. The summed E-state index contributed by atoms with van der Waals surface area (Å²) in [6, 6.07) is 12.4. The quantitative estimate of drug-likeness (QED) is 0.343. The molecule has 2 aromatic carbocycles. The molecule has 0 aromatic heterocycles. The van der Waals surface area contributed by atoms with Gasteiger partial charge in [-0.15, -0.1) is 24.0 Å². The van der Waals surface area contributed by atoms with Crippen LogP contribution in [0.25, 0.3) is 0 Å². The average molecular weight is 524 g/mol. The lowest BCUT2D eigenvalue weighted by molar-refractivity contribution is 0.140. The Morgan fingerprint density at radius 2 is 2.00 bits per heavy atom. The van der Waals surface area contributed by atoms with Gasteiger partial charge in [0.25, 0.3) is 0 Å². The molecule has 1 aliphatic rings. The Balaban J connectivity index is 0.00000320. The van der Waals surface area contributed by atoms with Gasteiger partial charge in [0.05, 0.1) is 24.8 Å². The van der Waals surface area contributed by atoms with Crippen LogP contribution < -0.4 is 15.4 Å². The van der Waals surface area contributed by atoms with Crippen molar-refractivity contribution in [2.75, 3.05) is 20.3 Å². The van der Waals surface area contributed by atoms with Gasteiger partial charge in [-0.3, -0.25) is 4.99 Å². The Hall–Kier alpha value is -2.38. The molecule has 1 heterocycles. The second-order valence-corrected chi connectivity index (χ2v) is 6.91. The summed E-state index contributed by atoms with van der Waals surface area (Å²) < 4.78 is 25.5. The Morgan fingerprint density at radius 3 is 2.67 bits per heavy atom. The maximum atomic E-state index is 14.0. The van der Waals surface area contributed by atoms with Crippen molar-refractivity contribution in [2.45, 2.75) is 32.5 Å². The van der Waals surface area contributed by atoms with Crippen LogP contribution in [-0.2, 0) is 17.8 Å².